The maximum absolute atomic E-state index is 12.3. The Morgan fingerprint density at radius 1 is 0.894 bits per heavy atom. The van der Waals surface area contributed by atoms with Crippen LogP contribution < -0.4 is 14.4 Å². The van der Waals surface area contributed by atoms with Crippen LogP contribution in [-0.2, 0) is 35.8 Å². The Balaban J connectivity index is 1.12. The van der Waals surface area contributed by atoms with Crippen molar-refractivity contribution in [1.82, 2.24) is 14.6 Å². The van der Waals surface area contributed by atoms with Gasteiger partial charge in [0.25, 0.3) is 0 Å². The van der Waals surface area contributed by atoms with Gasteiger partial charge in [0.15, 0.2) is 11.5 Å². The molecule has 5 aromatic rings. The highest BCUT2D eigenvalue weighted by Crippen LogP contribution is 2.39. The van der Waals surface area contributed by atoms with Gasteiger partial charge in [-0.1, -0.05) is 66.7 Å². The minimum Gasteiger partial charge on any atom is -0.485 e. The molecule has 1 atom stereocenters. The van der Waals surface area contributed by atoms with Crippen LogP contribution in [0.3, 0.4) is 0 Å². The van der Waals surface area contributed by atoms with Gasteiger partial charge in [0, 0.05) is 13.2 Å². The maximum Gasteiger partial charge on any atom is 0.337 e. The van der Waals surface area contributed by atoms with Gasteiger partial charge in [0.1, 0.15) is 25.4 Å². The number of anilines is 1. The molecule has 1 saturated heterocycles. The monoisotopic (exact) mass is 631 g/mol. The molecule has 240 valence electrons. The van der Waals surface area contributed by atoms with E-state index in [0.717, 1.165) is 46.7 Å². The van der Waals surface area contributed by atoms with Crippen molar-refractivity contribution in [3.63, 3.8) is 0 Å². The van der Waals surface area contributed by atoms with Gasteiger partial charge in [-0.3, -0.25) is 5.01 Å². The Morgan fingerprint density at radius 2 is 1.64 bits per heavy atom. The first kappa shape index (κ1) is 30.3. The highest BCUT2D eigenvalue weighted by molar-refractivity contribution is 5.93. The van der Waals surface area contributed by atoms with E-state index in [-0.39, 0.29) is 12.1 Å². The first-order chi connectivity index (χ1) is 23.1. The number of hydrazone groups is 1. The number of hydrogen-bond acceptors (Lipinski definition) is 9. The lowest BCUT2D eigenvalue weighted by atomic mass is 10.1. The van der Waals surface area contributed by atoms with Gasteiger partial charge in [-0.2, -0.15) is 5.10 Å². The van der Waals surface area contributed by atoms with E-state index in [1.165, 1.54) is 7.11 Å². The third kappa shape index (κ3) is 6.92. The predicted octanol–water partition coefficient (Wildman–Crippen LogP) is 6.04. The van der Waals surface area contributed by atoms with E-state index in [0.29, 0.717) is 56.5 Å². The Bertz CT molecular complexity index is 1860. The summed E-state index contributed by atoms with van der Waals surface area (Å²) in [5, 5.41) is 6.84. The molecule has 10 nitrogen and oxygen atoms in total. The zero-order chi connectivity index (χ0) is 32.0. The Hall–Kier alpha value is -5.35. The largest absolute Gasteiger partial charge is 0.485 e. The molecule has 1 fully saturated rings. The second-order valence-electron chi connectivity index (χ2n) is 11.6. The number of imidazole rings is 1. The van der Waals surface area contributed by atoms with E-state index < -0.39 is 0 Å². The molecule has 0 spiro atoms. The highest BCUT2D eigenvalue weighted by Gasteiger charge is 2.25. The van der Waals surface area contributed by atoms with Gasteiger partial charge in [0.05, 0.1) is 55.1 Å². The van der Waals surface area contributed by atoms with Gasteiger partial charge >= 0.3 is 5.97 Å². The molecule has 0 saturated carbocycles. The quantitative estimate of drug-likeness (QED) is 0.154. The fourth-order valence-electron chi connectivity index (χ4n) is 5.77. The van der Waals surface area contributed by atoms with Gasteiger partial charge in [-0.05, 0) is 47.9 Å². The lowest BCUT2D eigenvalue weighted by Gasteiger charge is -2.32. The lowest BCUT2D eigenvalue weighted by molar-refractivity contribution is -0.0592. The van der Waals surface area contributed by atoms with Crippen LogP contribution in [0.5, 0.6) is 11.5 Å². The molecule has 10 heteroatoms. The second kappa shape index (κ2) is 14.0. The molecule has 2 aliphatic rings. The fraction of sp³-hybridized carbons (Fsp3) is 0.270. The van der Waals surface area contributed by atoms with Gasteiger partial charge in [0.2, 0.25) is 0 Å². The zero-order valence-corrected chi connectivity index (χ0v) is 26.3. The van der Waals surface area contributed by atoms with Crippen LogP contribution in [-0.4, -0.2) is 59.8 Å². The number of methoxy groups -OCH3 is 1. The molecule has 0 N–H and O–H groups in total. The van der Waals surface area contributed by atoms with Crippen molar-refractivity contribution in [2.24, 2.45) is 5.10 Å². The third-order valence-electron chi connectivity index (χ3n) is 8.44. The Labute approximate surface area is 273 Å². The number of ether oxygens (including phenoxy) is 4. The molecule has 2 aliphatic heterocycles. The fourth-order valence-corrected chi connectivity index (χ4v) is 5.77. The topological polar surface area (TPSA) is 90.7 Å². The molecule has 0 radical (unpaired) electrons. The summed E-state index contributed by atoms with van der Waals surface area (Å²) in [6.07, 6.45) is 2.96. The summed E-state index contributed by atoms with van der Waals surface area (Å²) in [6.45, 7) is 4.14. The highest BCUT2D eigenvalue weighted by atomic mass is 16.5. The minimum absolute atomic E-state index is 0.124. The van der Waals surface area contributed by atoms with Crippen LogP contribution >= 0.6 is 0 Å². The number of fused-ring (bicyclic) bond motifs is 1. The summed E-state index contributed by atoms with van der Waals surface area (Å²) in [6, 6.07) is 31.7. The van der Waals surface area contributed by atoms with E-state index in [1.807, 2.05) is 102 Å². The summed E-state index contributed by atoms with van der Waals surface area (Å²) in [7, 11) is 1.39. The number of carbonyl (C=O) groups excluding carboxylic acids is 1. The molecule has 0 aliphatic carbocycles. The van der Waals surface area contributed by atoms with Crippen LogP contribution in [0.2, 0.25) is 0 Å². The van der Waals surface area contributed by atoms with Crippen LogP contribution in [0, 0.1) is 0 Å². The van der Waals surface area contributed by atoms with Gasteiger partial charge < -0.3 is 28.4 Å². The van der Waals surface area contributed by atoms with Crippen molar-refractivity contribution in [1.29, 1.82) is 0 Å². The van der Waals surface area contributed by atoms with Crippen LogP contribution in [0.1, 0.15) is 33.7 Å². The number of aromatic nitrogens is 2. The lowest BCUT2D eigenvalue weighted by Crippen LogP contribution is -2.38. The Kier molecular flexibility index (Phi) is 9.01. The van der Waals surface area contributed by atoms with Gasteiger partial charge in [-0.25, -0.2) is 9.78 Å². The van der Waals surface area contributed by atoms with Crippen molar-refractivity contribution in [3.8, 4) is 11.5 Å². The number of rotatable bonds is 12. The molecule has 4 aromatic carbocycles. The number of esters is 1. The molecule has 7 rings (SSSR count). The molecule has 0 amide bonds. The molecule has 47 heavy (non-hydrogen) atoms. The second-order valence-corrected chi connectivity index (χ2v) is 11.6. The standard InChI is InChI=1S/C37H37N5O5/c1-44-37(43)29-15-16-31-33(21-29)42(22-30-17-20-45-30)35(39-31)23-41-19-18-40(26-38-41)32-13-8-14-34(46-24-27-9-4-2-5-10-27)36(32)47-25-28-11-6-3-7-12-28/h2-16,21,26,30H,17-20,22-25H2,1H3/t30-/m0/s1. The number of nitrogens with zero attached hydrogens (tertiary/aromatic N) is 5. The van der Waals surface area contributed by atoms with E-state index in [1.54, 1.807) is 6.07 Å². The normalized spacial score (nSPS) is 15.8. The number of hydrogen-bond donors (Lipinski definition) is 0. The van der Waals surface area contributed by atoms with E-state index in [4.69, 9.17) is 29.0 Å². The average Bonchev–Trinajstić information content (AvgIpc) is 3.44. The average molecular weight is 632 g/mol. The Morgan fingerprint density at radius 3 is 2.30 bits per heavy atom. The minimum atomic E-state index is -0.372. The van der Waals surface area contributed by atoms with Crippen molar-refractivity contribution in [2.45, 2.75) is 38.8 Å². The van der Waals surface area contributed by atoms with E-state index in [9.17, 15) is 4.79 Å². The number of benzene rings is 4. The van der Waals surface area contributed by atoms with E-state index in [2.05, 4.69) is 9.47 Å². The molecule has 0 unspecified atom stereocenters. The molecule has 1 aromatic heterocycles. The summed E-state index contributed by atoms with van der Waals surface area (Å²) in [4.78, 5) is 19.3. The molecular weight excluding hydrogens is 594 g/mol. The summed E-state index contributed by atoms with van der Waals surface area (Å²) >= 11 is 0. The van der Waals surface area contributed by atoms with E-state index >= 15 is 0 Å². The number of carbonyl (C=O) groups is 1. The van der Waals surface area contributed by atoms with Crippen LogP contribution in [0.4, 0.5) is 5.69 Å². The number of para-hydroxylation sites is 1. The summed E-state index contributed by atoms with van der Waals surface area (Å²) < 4.78 is 25.6. The smallest absolute Gasteiger partial charge is 0.337 e. The van der Waals surface area contributed by atoms with Crippen molar-refractivity contribution >= 4 is 29.0 Å². The zero-order valence-electron chi connectivity index (χ0n) is 26.3. The van der Waals surface area contributed by atoms with Crippen molar-refractivity contribution in [3.05, 3.63) is 120 Å². The molecular formula is C37H37N5O5. The molecule has 0 bridgehead atoms. The molecule has 3 heterocycles. The third-order valence-corrected chi connectivity index (χ3v) is 8.44. The van der Waals surface area contributed by atoms with Gasteiger partial charge in [-0.15, -0.1) is 0 Å². The van der Waals surface area contributed by atoms with Crippen molar-refractivity contribution in [2.75, 3.05) is 31.7 Å². The maximum atomic E-state index is 12.3. The first-order valence-corrected chi connectivity index (χ1v) is 15.9. The van der Waals surface area contributed by atoms with Crippen LogP contribution in [0.25, 0.3) is 11.0 Å². The summed E-state index contributed by atoms with van der Waals surface area (Å²) in [5.41, 5.74) is 5.24. The first-order valence-electron chi connectivity index (χ1n) is 15.9. The SMILES string of the molecule is COC(=O)c1ccc2nc(CN3CCN(c4cccc(OCc5ccccc5)c4OCc4ccccc4)C=N3)n(C[C@@H]3CCO3)c2c1. The predicted molar refractivity (Wildman–Crippen MR) is 180 cm³/mol. The van der Waals surface area contributed by atoms with Crippen molar-refractivity contribution < 1.29 is 23.7 Å². The summed E-state index contributed by atoms with van der Waals surface area (Å²) in [5.74, 6) is 1.85. The van der Waals surface area contributed by atoms with Crippen LogP contribution in [0.15, 0.2) is 102 Å².